The predicted octanol–water partition coefficient (Wildman–Crippen LogP) is 3.39. The van der Waals surface area contributed by atoms with Gasteiger partial charge in [-0.05, 0) is 55.9 Å². The maximum Gasteiger partial charge on any atom is 0.268 e. The van der Waals surface area contributed by atoms with Crippen LogP contribution in [0.5, 0.6) is 0 Å². The van der Waals surface area contributed by atoms with E-state index in [2.05, 4.69) is 26.7 Å². The van der Waals surface area contributed by atoms with E-state index in [4.69, 9.17) is 0 Å². The number of amides is 2. The van der Waals surface area contributed by atoms with Gasteiger partial charge in [0.25, 0.3) is 5.91 Å². The number of nitrogens with zero attached hydrogens (tertiary/aromatic N) is 2. The number of aryl methyl sites for hydroxylation is 2. The quantitative estimate of drug-likeness (QED) is 0.540. The van der Waals surface area contributed by atoms with Gasteiger partial charge in [0.15, 0.2) is 5.54 Å². The average molecular weight is 445 g/mol. The number of para-hydroxylation sites is 1. The highest BCUT2D eigenvalue weighted by molar-refractivity contribution is 6.00. The highest BCUT2D eigenvalue weighted by atomic mass is 19.1. The molecule has 2 unspecified atom stereocenters. The molecule has 1 fully saturated rings. The number of halogens is 1. The number of nitriles is 1. The van der Waals surface area contributed by atoms with E-state index in [0.29, 0.717) is 36.1 Å². The second kappa shape index (κ2) is 8.00. The van der Waals surface area contributed by atoms with Gasteiger partial charge < -0.3 is 15.6 Å². The summed E-state index contributed by atoms with van der Waals surface area (Å²) in [4.78, 5) is 33.4. The minimum Gasteiger partial charge on any atom is -0.348 e. The lowest BCUT2D eigenvalue weighted by Gasteiger charge is -2.27. The molecule has 33 heavy (non-hydrogen) atoms. The Kier molecular flexibility index (Phi) is 5.12. The van der Waals surface area contributed by atoms with Gasteiger partial charge in [0, 0.05) is 22.8 Å². The smallest absolute Gasteiger partial charge is 0.268 e. The summed E-state index contributed by atoms with van der Waals surface area (Å²) in [5.41, 5.74) is 1.86. The van der Waals surface area contributed by atoms with Crippen LogP contribution in [0, 0.1) is 30.0 Å². The minimum absolute atomic E-state index is 0.185. The third kappa shape index (κ3) is 3.95. The van der Waals surface area contributed by atoms with Crippen LogP contribution < -0.4 is 10.6 Å². The molecule has 0 spiro atoms. The zero-order valence-electron chi connectivity index (χ0n) is 18.2. The molecule has 7 nitrogen and oxygen atoms in total. The number of aromatic amines is 1. The second-order valence-corrected chi connectivity index (χ2v) is 9.08. The first-order chi connectivity index (χ1) is 15.9. The number of fused-ring (bicyclic) bond motifs is 2. The number of pyridine rings is 1. The van der Waals surface area contributed by atoms with Crippen LogP contribution in [0.3, 0.4) is 0 Å². The van der Waals surface area contributed by atoms with Crippen molar-refractivity contribution >= 4 is 22.7 Å². The number of hydrogen-bond donors (Lipinski definition) is 3. The van der Waals surface area contributed by atoms with Crippen molar-refractivity contribution in [1.29, 1.82) is 5.26 Å². The third-order valence-corrected chi connectivity index (χ3v) is 6.62. The Morgan fingerprint density at radius 3 is 2.91 bits per heavy atom. The third-order valence-electron chi connectivity index (χ3n) is 6.62. The summed E-state index contributed by atoms with van der Waals surface area (Å²) in [6.07, 6.45) is 5.30. The normalized spacial score (nSPS) is 20.2. The van der Waals surface area contributed by atoms with Gasteiger partial charge in [-0.15, -0.1) is 0 Å². The zero-order valence-corrected chi connectivity index (χ0v) is 18.2. The molecule has 0 saturated heterocycles. The summed E-state index contributed by atoms with van der Waals surface area (Å²) in [5, 5.41) is 16.3. The molecule has 2 atom stereocenters. The first-order valence-electron chi connectivity index (χ1n) is 11.2. The van der Waals surface area contributed by atoms with Crippen molar-refractivity contribution in [1.82, 2.24) is 20.6 Å². The number of aromatic nitrogens is 2. The fourth-order valence-electron chi connectivity index (χ4n) is 4.63. The van der Waals surface area contributed by atoms with Crippen molar-refractivity contribution in [3.63, 3.8) is 0 Å². The molecule has 3 N–H and O–H groups in total. The van der Waals surface area contributed by atoms with Crippen LogP contribution in [0.2, 0.25) is 0 Å². The Balaban J connectivity index is 1.37. The fourth-order valence-corrected chi connectivity index (χ4v) is 4.63. The van der Waals surface area contributed by atoms with Crippen molar-refractivity contribution in [2.45, 2.75) is 50.6 Å². The predicted molar refractivity (Wildman–Crippen MR) is 120 cm³/mol. The SMILES string of the molecule is Cc1cc2c(cn1)C(C#N)(NC(=O)C(CC1CC1)NC(=O)c1cc3cccc(F)c3[nH]1)CC2. The zero-order chi connectivity index (χ0) is 23.2. The lowest BCUT2D eigenvalue weighted by Crippen LogP contribution is -2.53. The summed E-state index contributed by atoms with van der Waals surface area (Å²) in [5.74, 6) is -0.966. The Hall–Kier alpha value is -3.73. The molecule has 2 heterocycles. The molecule has 0 aliphatic heterocycles. The van der Waals surface area contributed by atoms with Gasteiger partial charge in [0.05, 0.1) is 11.6 Å². The van der Waals surface area contributed by atoms with Gasteiger partial charge in [-0.25, -0.2) is 4.39 Å². The summed E-state index contributed by atoms with van der Waals surface area (Å²) in [6.45, 7) is 1.89. The summed E-state index contributed by atoms with van der Waals surface area (Å²) >= 11 is 0. The molecule has 2 aliphatic carbocycles. The van der Waals surface area contributed by atoms with Crippen LogP contribution in [0.4, 0.5) is 4.39 Å². The van der Waals surface area contributed by atoms with E-state index >= 15 is 0 Å². The maximum absolute atomic E-state index is 14.0. The Morgan fingerprint density at radius 2 is 2.18 bits per heavy atom. The van der Waals surface area contributed by atoms with Crippen molar-refractivity contribution in [3.05, 3.63) is 64.9 Å². The molecule has 2 aliphatic rings. The molecule has 1 aromatic carbocycles. The maximum atomic E-state index is 14.0. The molecule has 0 bridgehead atoms. The molecule has 1 saturated carbocycles. The van der Waals surface area contributed by atoms with Crippen LogP contribution in [-0.4, -0.2) is 27.8 Å². The van der Waals surface area contributed by atoms with E-state index in [1.54, 1.807) is 24.4 Å². The highest BCUT2D eigenvalue weighted by Crippen LogP contribution is 2.37. The molecule has 3 aromatic rings. The topological polar surface area (TPSA) is 111 Å². The molecule has 168 valence electrons. The first-order valence-corrected chi connectivity index (χ1v) is 11.2. The van der Waals surface area contributed by atoms with E-state index < -0.39 is 29.2 Å². The summed E-state index contributed by atoms with van der Waals surface area (Å²) < 4.78 is 14.0. The molecule has 0 radical (unpaired) electrons. The minimum atomic E-state index is -1.16. The average Bonchev–Trinajstić information content (AvgIpc) is 3.38. The second-order valence-electron chi connectivity index (χ2n) is 9.08. The van der Waals surface area contributed by atoms with Crippen LogP contribution in [0.15, 0.2) is 36.5 Å². The summed E-state index contributed by atoms with van der Waals surface area (Å²) in [6, 6.07) is 9.61. The number of carbonyl (C=O) groups excluding carboxylic acids is 2. The van der Waals surface area contributed by atoms with Gasteiger partial charge in [-0.1, -0.05) is 25.0 Å². The van der Waals surface area contributed by atoms with Crippen LogP contribution in [0.1, 0.15) is 53.0 Å². The van der Waals surface area contributed by atoms with Gasteiger partial charge >= 0.3 is 0 Å². The monoisotopic (exact) mass is 445 g/mol. The van der Waals surface area contributed by atoms with Gasteiger partial charge in [-0.2, -0.15) is 5.26 Å². The Bertz CT molecular complexity index is 1310. The first kappa shape index (κ1) is 21.1. The number of carbonyl (C=O) groups is 2. The molecule has 2 aromatic heterocycles. The number of hydrogen-bond acceptors (Lipinski definition) is 4. The Labute approximate surface area is 190 Å². The van der Waals surface area contributed by atoms with Crippen molar-refractivity contribution < 1.29 is 14.0 Å². The summed E-state index contributed by atoms with van der Waals surface area (Å²) in [7, 11) is 0. The number of benzene rings is 1. The van der Waals surface area contributed by atoms with E-state index in [1.165, 1.54) is 6.07 Å². The van der Waals surface area contributed by atoms with Crippen molar-refractivity contribution in [2.75, 3.05) is 0 Å². The molecule has 8 heteroatoms. The molecular formula is C25H24FN5O2. The van der Waals surface area contributed by atoms with Crippen molar-refractivity contribution in [2.24, 2.45) is 5.92 Å². The van der Waals surface area contributed by atoms with E-state index in [-0.39, 0.29) is 11.2 Å². The number of H-pyrrole nitrogens is 1. The number of rotatable bonds is 6. The number of nitrogens with one attached hydrogen (secondary N) is 3. The molecule has 2 amide bonds. The van der Waals surface area contributed by atoms with Crippen LogP contribution >= 0.6 is 0 Å². The van der Waals surface area contributed by atoms with Gasteiger partial charge in [-0.3, -0.25) is 14.6 Å². The highest BCUT2D eigenvalue weighted by Gasteiger charge is 2.43. The molecule has 5 rings (SSSR count). The Morgan fingerprint density at radius 1 is 1.36 bits per heavy atom. The van der Waals surface area contributed by atoms with E-state index in [9.17, 15) is 19.2 Å². The van der Waals surface area contributed by atoms with Crippen LogP contribution in [0.25, 0.3) is 10.9 Å². The lowest BCUT2D eigenvalue weighted by molar-refractivity contribution is -0.124. The van der Waals surface area contributed by atoms with Crippen LogP contribution in [-0.2, 0) is 16.8 Å². The van der Waals surface area contributed by atoms with E-state index in [1.807, 2.05) is 13.0 Å². The van der Waals surface area contributed by atoms with Gasteiger partial charge in [0.1, 0.15) is 17.6 Å². The standard InChI is InChI=1S/C25H24FN5O2/c1-14-9-16-7-8-25(13-27,18(16)12-28-14)31-24(33)20(10-15-5-6-15)30-23(32)21-11-17-3-2-4-19(26)22(17)29-21/h2-4,9,11-12,15,20,29H,5-8,10H2,1H3,(H,30,32)(H,31,33). The van der Waals surface area contributed by atoms with E-state index in [0.717, 1.165) is 24.1 Å². The van der Waals surface area contributed by atoms with Gasteiger partial charge in [0.2, 0.25) is 5.91 Å². The lowest BCUT2D eigenvalue weighted by atomic mass is 9.93. The largest absolute Gasteiger partial charge is 0.348 e. The fraction of sp³-hybridized carbons (Fsp3) is 0.360. The van der Waals surface area contributed by atoms with Crippen molar-refractivity contribution in [3.8, 4) is 6.07 Å². The molecular weight excluding hydrogens is 421 g/mol.